The Bertz CT molecular complexity index is 388. The number of rotatable bonds is 7. The van der Waals surface area contributed by atoms with Crippen LogP contribution >= 0.6 is 0 Å². The second-order valence-corrected chi connectivity index (χ2v) is 3.10. The van der Waals surface area contributed by atoms with Crippen molar-refractivity contribution in [1.29, 1.82) is 0 Å². The SMILES string of the molecule is [N-]=[N+]=NCCOCCC(=O)Oc1ccccc1. The van der Waals surface area contributed by atoms with E-state index in [1.54, 1.807) is 24.3 Å². The average Bonchev–Trinajstić information content (AvgIpc) is 2.35. The molecule has 1 aromatic carbocycles. The summed E-state index contributed by atoms with van der Waals surface area (Å²) >= 11 is 0. The number of hydrogen-bond acceptors (Lipinski definition) is 4. The molecule has 0 fully saturated rings. The van der Waals surface area contributed by atoms with Crippen LogP contribution in [-0.2, 0) is 9.53 Å². The van der Waals surface area contributed by atoms with Gasteiger partial charge < -0.3 is 9.47 Å². The molecule has 0 radical (unpaired) electrons. The minimum absolute atomic E-state index is 0.172. The topological polar surface area (TPSA) is 84.3 Å². The van der Waals surface area contributed by atoms with Crippen LogP contribution in [0.25, 0.3) is 10.4 Å². The van der Waals surface area contributed by atoms with E-state index in [2.05, 4.69) is 10.0 Å². The first-order chi connectivity index (χ1) is 8.33. The lowest BCUT2D eigenvalue weighted by Crippen LogP contribution is -2.12. The zero-order chi connectivity index (χ0) is 12.3. The van der Waals surface area contributed by atoms with Crippen LogP contribution in [0.2, 0.25) is 0 Å². The predicted octanol–water partition coefficient (Wildman–Crippen LogP) is 2.31. The minimum atomic E-state index is -0.347. The summed E-state index contributed by atoms with van der Waals surface area (Å²) in [5.41, 5.74) is 8.00. The molecule has 0 N–H and O–H groups in total. The number of carbonyl (C=O) groups is 1. The Morgan fingerprint density at radius 2 is 2.06 bits per heavy atom. The Balaban J connectivity index is 2.11. The van der Waals surface area contributed by atoms with E-state index in [1.807, 2.05) is 6.07 Å². The van der Waals surface area contributed by atoms with Gasteiger partial charge in [0.2, 0.25) is 0 Å². The fraction of sp³-hybridized carbons (Fsp3) is 0.364. The second-order valence-electron chi connectivity index (χ2n) is 3.10. The molecular formula is C11H13N3O3. The summed E-state index contributed by atoms with van der Waals surface area (Å²) in [5.74, 6) is 0.173. The van der Waals surface area contributed by atoms with Crippen molar-refractivity contribution in [3.63, 3.8) is 0 Å². The normalized spacial score (nSPS) is 9.41. The monoisotopic (exact) mass is 235 g/mol. The van der Waals surface area contributed by atoms with E-state index in [0.29, 0.717) is 12.4 Å². The van der Waals surface area contributed by atoms with Crippen LogP contribution in [0, 0.1) is 0 Å². The van der Waals surface area contributed by atoms with Gasteiger partial charge in [-0.15, -0.1) is 0 Å². The molecule has 1 aromatic rings. The highest BCUT2D eigenvalue weighted by Gasteiger charge is 2.03. The van der Waals surface area contributed by atoms with Gasteiger partial charge in [0, 0.05) is 11.5 Å². The molecule has 6 nitrogen and oxygen atoms in total. The Kier molecular flexibility index (Phi) is 6.25. The largest absolute Gasteiger partial charge is 0.426 e. The minimum Gasteiger partial charge on any atom is -0.426 e. The molecule has 1 rings (SSSR count). The van der Waals surface area contributed by atoms with E-state index in [-0.39, 0.29) is 25.5 Å². The summed E-state index contributed by atoms with van der Waals surface area (Å²) in [4.78, 5) is 13.9. The molecular weight excluding hydrogens is 222 g/mol. The zero-order valence-corrected chi connectivity index (χ0v) is 9.28. The highest BCUT2D eigenvalue weighted by molar-refractivity contribution is 5.72. The number of esters is 1. The molecule has 0 heterocycles. The highest BCUT2D eigenvalue weighted by atomic mass is 16.5. The van der Waals surface area contributed by atoms with Crippen LogP contribution < -0.4 is 4.74 Å². The van der Waals surface area contributed by atoms with Gasteiger partial charge in [-0.2, -0.15) is 0 Å². The van der Waals surface area contributed by atoms with Gasteiger partial charge >= 0.3 is 5.97 Å². The molecule has 0 bridgehead atoms. The summed E-state index contributed by atoms with van der Waals surface area (Å²) in [5, 5.41) is 3.30. The summed E-state index contributed by atoms with van der Waals surface area (Å²) < 4.78 is 10.1. The number of carbonyl (C=O) groups excluding carboxylic acids is 1. The van der Waals surface area contributed by atoms with Crippen LogP contribution in [0.4, 0.5) is 0 Å². The first kappa shape index (κ1) is 13.0. The van der Waals surface area contributed by atoms with Crippen LogP contribution in [-0.4, -0.2) is 25.7 Å². The number of benzene rings is 1. The molecule has 0 saturated heterocycles. The Morgan fingerprint density at radius 3 is 2.76 bits per heavy atom. The third-order valence-corrected chi connectivity index (χ3v) is 1.82. The van der Waals surface area contributed by atoms with Crippen LogP contribution in [0.5, 0.6) is 5.75 Å². The third-order valence-electron chi connectivity index (χ3n) is 1.82. The quantitative estimate of drug-likeness (QED) is 0.181. The molecule has 0 amide bonds. The lowest BCUT2D eigenvalue weighted by Gasteiger charge is -2.04. The predicted molar refractivity (Wildman–Crippen MR) is 61.5 cm³/mol. The van der Waals surface area contributed by atoms with E-state index in [1.165, 1.54) is 0 Å². The zero-order valence-electron chi connectivity index (χ0n) is 9.28. The average molecular weight is 235 g/mol. The van der Waals surface area contributed by atoms with Crippen LogP contribution in [0.15, 0.2) is 35.4 Å². The summed E-state index contributed by atoms with van der Waals surface area (Å²) in [7, 11) is 0. The number of ether oxygens (including phenoxy) is 2. The van der Waals surface area contributed by atoms with E-state index >= 15 is 0 Å². The van der Waals surface area contributed by atoms with E-state index < -0.39 is 0 Å². The van der Waals surface area contributed by atoms with Crippen molar-refractivity contribution in [1.82, 2.24) is 0 Å². The Hall–Kier alpha value is -2.04. The summed E-state index contributed by atoms with van der Waals surface area (Å²) in [6.45, 7) is 0.833. The van der Waals surface area contributed by atoms with Crippen molar-refractivity contribution in [2.75, 3.05) is 19.8 Å². The lowest BCUT2D eigenvalue weighted by atomic mass is 10.3. The smallest absolute Gasteiger partial charge is 0.313 e. The first-order valence-electron chi connectivity index (χ1n) is 5.17. The standard InChI is InChI=1S/C11H13N3O3/c12-14-13-7-9-16-8-6-11(15)17-10-4-2-1-3-5-10/h1-5H,6-9H2. The van der Waals surface area contributed by atoms with Gasteiger partial charge in [0.05, 0.1) is 19.6 Å². The maximum absolute atomic E-state index is 11.3. The third kappa shape index (κ3) is 6.19. The van der Waals surface area contributed by atoms with Gasteiger partial charge in [0.15, 0.2) is 0 Å². The molecule has 0 aliphatic rings. The van der Waals surface area contributed by atoms with Gasteiger partial charge in [-0.1, -0.05) is 23.3 Å². The van der Waals surface area contributed by atoms with Crippen molar-refractivity contribution < 1.29 is 14.3 Å². The molecule has 0 aromatic heterocycles. The maximum Gasteiger partial charge on any atom is 0.313 e. The van der Waals surface area contributed by atoms with Gasteiger partial charge in [-0.3, -0.25) is 4.79 Å². The van der Waals surface area contributed by atoms with E-state index in [0.717, 1.165) is 0 Å². The summed E-state index contributed by atoms with van der Waals surface area (Å²) in [6, 6.07) is 8.84. The fourth-order valence-electron chi connectivity index (χ4n) is 1.08. The van der Waals surface area contributed by atoms with Crippen molar-refractivity contribution in [3.8, 4) is 5.75 Å². The molecule has 17 heavy (non-hydrogen) atoms. The highest BCUT2D eigenvalue weighted by Crippen LogP contribution is 2.08. The second kappa shape index (κ2) is 8.15. The van der Waals surface area contributed by atoms with E-state index in [9.17, 15) is 4.79 Å². The number of para-hydroxylation sites is 1. The van der Waals surface area contributed by atoms with E-state index in [4.69, 9.17) is 15.0 Å². The lowest BCUT2D eigenvalue weighted by molar-refractivity contribution is -0.135. The van der Waals surface area contributed by atoms with Crippen molar-refractivity contribution in [3.05, 3.63) is 40.8 Å². The van der Waals surface area contributed by atoms with Crippen molar-refractivity contribution in [2.45, 2.75) is 6.42 Å². The molecule has 0 aliphatic heterocycles. The van der Waals surface area contributed by atoms with Gasteiger partial charge in [-0.05, 0) is 17.7 Å². The number of azide groups is 1. The number of nitrogens with zero attached hydrogens (tertiary/aromatic N) is 3. The molecule has 90 valence electrons. The van der Waals surface area contributed by atoms with Crippen molar-refractivity contribution in [2.24, 2.45) is 5.11 Å². The fourth-order valence-corrected chi connectivity index (χ4v) is 1.08. The summed E-state index contributed by atoms with van der Waals surface area (Å²) in [6.07, 6.45) is 0.172. The van der Waals surface area contributed by atoms with Gasteiger partial charge in [0.1, 0.15) is 5.75 Å². The molecule has 0 saturated carbocycles. The molecule has 6 heteroatoms. The molecule has 0 unspecified atom stereocenters. The van der Waals surface area contributed by atoms with Gasteiger partial charge in [-0.25, -0.2) is 0 Å². The number of hydrogen-bond donors (Lipinski definition) is 0. The Labute approximate surface area is 98.8 Å². The molecule has 0 aliphatic carbocycles. The molecule has 0 atom stereocenters. The van der Waals surface area contributed by atoms with Crippen molar-refractivity contribution >= 4 is 5.97 Å². The first-order valence-corrected chi connectivity index (χ1v) is 5.17. The maximum atomic E-state index is 11.3. The molecule has 0 spiro atoms. The van der Waals surface area contributed by atoms with Gasteiger partial charge in [0.25, 0.3) is 0 Å². The van der Waals surface area contributed by atoms with Crippen LogP contribution in [0.1, 0.15) is 6.42 Å². The van der Waals surface area contributed by atoms with Crippen LogP contribution in [0.3, 0.4) is 0 Å². The Morgan fingerprint density at radius 1 is 1.29 bits per heavy atom.